The lowest BCUT2D eigenvalue weighted by Crippen LogP contribution is -2.41. The molecule has 1 aromatic heterocycles. The monoisotopic (exact) mass is 436 g/mol. The van der Waals surface area contributed by atoms with Crippen molar-refractivity contribution in [2.24, 2.45) is 4.99 Å². The largest absolute Gasteiger partial charge is 0.494 e. The highest BCUT2D eigenvalue weighted by molar-refractivity contribution is 6.09. The van der Waals surface area contributed by atoms with E-state index < -0.39 is 23.9 Å². The third-order valence-electron chi connectivity index (χ3n) is 5.22. The number of piperidine rings is 1. The summed E-state index contributed by atoms with van der Waals surface area (Å²) in [5.74, 6) is -1.73. The van der Waals surface area contributed by atoms with E-state index in [0.29, 0.717) is 16.8 Å². The van der Waals surface area contributed by atoms with Crippen LogP contribution in [-0.4, -0.2) is 43.9 Å². The lowest BCUT2D eigenvalue weighted by Gasteiger charge is -2.23. The van der Waals surface area contributed by atoms with E-state index >= 15 is 0 Å². The van der Waals surface area contributed by atoms with Crippen LogP contribution in [0.4, 0.5) is 10.5 Å². The van der Waals surface area contributed by atoms with E-state index in [2.05, 4.69) is 15.6 Å². The van der Waals surface area contributed by atoms with Crippen molar-refractivity contribution in [3.05, 3.63) is 53.6 Å². The number of hydrogen-bond acceptors (Lipinski definition) is 6. The van der Waals surface area contributed by atoms with Gasteiger partial charge in [0.25, 0.3) is 0 Å². The van der Waals surface area contributed by atoms with E-state index in [-0.39, 0.29) is 42.0 Å². The van der Waals surface area contributed by atoms with Gasteiger partial charge in [0.15, 0.2) is 0 Å². The Kier molecular flexibility index (Phi) is 5.61. The van der Waals surface area contributed by atoms with Crippen molar-refractivity contribution < 1.29 is 29.7 Å². The normalized spacial score (nSPS) is 16.5. The van der Waals surface area contributed by atoms with Crippen molar-refractivity contribution in [1.29, 1.82) is 0 Å². The van der Waals surface area contributed by atoms with Crippen molar-refractivity contribution >= 4 is 40.5 Å². The predicted molar refractivity (Wildman–Crippen MR) is 116 cm³/mol. The fourth-order valence-corrected chi connectivity index (χ4v) is 3.72. The molecule has 1 aliphatic rings. The number of urea groups is 1. The molecule has 3 aromatic rings. The van der Waals surface area contributed by atoms with Gasteiger partial charge in [-0.15, -0.1) is 0 Å². The van der Waals surface area contributed by atoms with Crippen LogP contribution in [0.3, 0.4) is 0 Å². The van der Waals surface area contributed by atoms with Gasteiger partial charge in [-0.1, -0.05) is 24.3 Å². The summed E-state index contributed by atoms with van der Waals surface area (Å²) in [7, 11) is 0. The van der Waals surface area contributed by atoms with Gasteiger partial charge in [-0.3, -0.25) is 19.5 Å². The maximum atomic E-state index is 12.2. The van der Waals surface area contributed by atoms with Crippen LogP contribution in [0.25, 0.3) is 10.8 Å². The second kappa shape index (κ2) is 8.52. The maximum Gasteiger partial charge on any atom is 0.345 e. The Bertz CT molecular complexity index is 1260. The quantitative estimate of drug-likeness (QED) is 0.312. The standard InChI is InChI=1S/C22H20N4O6/c27-11-12-3-1-5-14(9-12)24-22(32)23-10-13-4-2-6-15-18(13)21(31)26(20(15)30)16-7-8-17(28)25-19(16)29/h1-6,9-10,16,27,30-31H,7-8,11H2,(H,24,32)(H,25,28,29). The molecule has 0 spiro atoms. The minimum Gasteiger partial charge on any atom is -0.494 e. The van der Waals surface area contributed by atoms with Crippen molar-refractivity contribution in [1.82, 2.24) is 9.88 Å². The van der Waals surface area contributed by atoms with Crippen molar-refractivity contribution in [3.63, 3.8) is 0 Å². The summed E-state index contributed by atoms with van der Waals surface area (Å²) in [4.78, 5) is 39.7. The molecule has 0 aliphatic carbocycles. The first kappa shape index (κ1) is 21.1. The van der Waals surface area contributed by atoms with Crippen molar-refractivity contribution in [2.45, 2.75) is 25.5 Å². The van der Waals surface area contributed by atoms with Crippen LogP contribution in [0.5, 0.6) is 11.8 Å². The summed E-state index contributed by atoms with van der Waals surface area (Å²) in [6, 6.07) is 9.79. The van der Waals surface area contributed by atoms with Gasteiger partial charge in [-0.2, -0.15) is 0 Å². The number of aliphatic imine (C=N–C) groups is 1. The maximum absolute atomic E-state index is 12.2. The van der Waals surface area contributed by atoms with Crippen LogP contribution in [0.2, 0.25) is 0 Å². The van der Waals surface area contributed by atoms with Crippen LogP contribution in [-0.2, 0) is 16.2 Å². The molecule has 2 heterocycles. The molecular formula is C22H20N4O6. The number of fused-ring (bicyclic) bond motifs is 1. The molecule has 10 heteroatoms. The highest BCUT2D eigenvalue weighted by atomic mass is 16.3. The number of aliphatic hydroxyl groups excluding tert-OH is 1. The van der Waals surface area contributed by atoms with Gasteiger partial charge in [0.2, 0.25) is 23.6 Å². The lowest BCUT2D eigenvalue weighted by atomic mass is 10.1. The summed E-state index contributed by atoms with van der Waals surface area (Å²) in [5, 5.41) is 35.9. The van der Waals surface area contributed by atoms with Crippen molar-refractivity contribution in [3.8, 4) is 11.8 Å². The number of aromatic hydroxyl groups is 2. The summed E-state index contributed by atoms with van der Waals surface area (Å²) in [6.45, 7) is -0.165. The number of imide groups is 1. The number of aromatic nitrogens is 1. The first-order valence-electron chi connectivity index (χ1n) is 9.82. The average molecular weight is 436 g/mol. The molecule has 4 rings (SSSR count). The third kappa shape index (κ3) is 3.91. The van der Waals surface area contributed by atoms with E-state index in [4.69, 9.17) is 0 Å². The molecule has 0 saturated carbocycles. The molecule has 2 aromatic carbocycles. The number of aliphatic hydroxyl groups is 1. The number of amides is 4. The van der Waals surface area contributed by atoms with Crippen LogP contribution in [0.15, 0.2) is 47.5 Å². The molecule has 1 unspecified atom stereocenters. The number of rotatable bonds is 4. The topological polar surface area (TPSA) is 153 Å². The summed E-state index contributed by atoms with van der Waals surface area (Å²) in [6.07, 6.45) is 1.45. The van der Waals surface area contributed by atoms with Crippen LogP contribution in [0, 0.1) is 0 Å². The van der Waals surface area contributed by atoms with E-state index in [1.807, 2.05) is 0 Å². The predicted octanol–water partition coefficient (Wildman–Crippen LogP) is 2.17. The fourth-order valence-electron chi connectivity index (χ4n) is 3.72. The van der Waals surface area contributed by atoms with Gasteiger partial charge < -0.3 is 20.6 Å². The van der Waals surface area contributed by atoms with Gasteiger partial charge in [-0.05, 0) is 30.2 Å². The van der Waals surface area contributed by atoms with Gasteiger partial charge in [-0.25, -0.2) is 9.79 Å². The molecule has 1 atom stereocenters. The van der Waals surface area contributed by atoms with Crippen molar-refractivity contribution in [2.75, 3.05) is 5.32 Å². The summed E-state index contributed by atoms with van der Waals surface area (Å²) in [5.41, 5.74) is 1.44. The molecular weight excluding hydrogens is 416 g/mol. The molecule has 1 aliphatic heterocycles. The Labute approximate surface area is 181 Å². The van der Waals surface area contributed by atoms with E-state index in [1.54, 1.807) is 42.5 Å². The number of hydrogen-bond donors (Lipinski definition) is 5. The molecule has 164 valence electrons. The summed E-state index contributed by atoms with van der Waals surface area (Å²) >= 11 is 0. The molecule has 0 bridgehead atoms. The minimum absolute atomic E-state index is 0.0791. The highest BCUT2D eigenvalue weighted by Crippen LogP contribution is 2.41. The van der Waals surface area contributed by atoms with Crippen LogP contribution >= 0.6 is 0 Å². The van der Waals surface area contributed by atoms with E-state index in [1.165, 1.54) is 6.21 Å². The zero-order chi connectivity index (χ0) is 22.8. The zero-order valence-corrected chi connectivity index (χ0v) is 16.8. The van der Waals surface area contributed by atoms with Crippen LogP contribution in [0.1, 0.15) is 30.0 Å². The van der Waals surface area contributed by atoms with Gasteiger partial charge >= 0.3 is 6.03 Å². The zero-order valence-electron chi connectivity index (χ0n) is 16.8. The number of nitrogens with one attached hydrogen (secondary N) is 2. The van der Waals surface area contributed by atoms with Gasteiger partial charge in [0.05, 0.1) is 12.0 Å². The first-order valence-corrected chi connectivity index (χ1v) is 9.82. The SMILES string of the molecule is O=C1CCC(n2c(O)c3cccc(C=NC(=O)Nc4cccc(CO)c4)c3c2O)C(=O)N1. The summed E-state index contributed by atoms with van der Waals surface area (Å²) < 4.78 is 1.07. The second-order valence-electron chi connectivity index (χ2n) is 7.30. The molecule has 4 amide bonds. The second-order valence-corrected chi connectivity index (χ2v) is 7.30. The van der Waals surface area contributed by atoms with E-state index in [0.717, 1.165) is 4.57 Å². The Morgan fingerprint density at radius 1 is 1.19 bits per heavy atom. The molecule has 1 saturated heterocycles. The number of carbonyl (C=O) groups is 3. The first-order chi connectivity index (χ1) is 15.4. The van der Waals surface area contributed by atoms with Gasteiger partial charge in [0.1, 0.15) is 6.04 Å². The smallest absolute Gasteiger partial charge is 0.345 e. The third-order valence-corrected chi connectivity index (χ3v) is 5.22. The lowest BCUT2D eigenvalue weighted by molar-refractivity contribution is -0.135. The molecule has 10 nitrogen and oxygen atoms in total. The van der Waals surface area contributed by atoms with Gasteiger partial charge in [0, 0.05) is 29.3 Å². The Hall–Kier alpha value is -4.18. The Morgan fingerprint density at radius 3 is 2.72 bits per heavy atom. The highest BCUT2D eigenvalue weighted by Gasteiger charge is 2.33. The van der Waals surface area contributed by atoms with E-state index in [9.17, 15) is 29.7 Å². The molecule has 5 N–H and O–H groups in total. The number of benzene rings is 2. The number of anilines is 1. The average Bonchev–Trinajstić information content (AvgIpc) is 3.03. The molecule has 32 heavy (non-hydrogen) atoms. The number of carbonyl (C=O) groups excluding carboxylic acids is 3. The number of nitrogens with zero attached hydrogens (tertiary/aromatic N) is 2. The minimum atomic E-state index is -0.952. The fraction of sp³-hybridized carbons (Fsp3) is 0.182. The molecule has 1 fully saturated rings. The Balaban J connectivity index is 1.64. The Morgan fingerprint density at radius 2 is 1.97 bits per heavy atom. The van der Waals surface area contributed by atoms with Crippen LogP contribution < -0.4 is 10.6 Å². The molecule has 0 radical (unpaired) electrons.